The molecule has 0 unspecified atom stereocenters. The molecule has 2 N–H and O–H groups in total. The summed E-state index contributed by atoms with van der Waals surface area (Å²) in [7, 11) is -3.94. The zero-order valence-corrected chi connectivity index (χ0v) is 13.4. The fourth-order valence-corrected chi connectivity index (χ4v) is 2.93. The van der Waals surface area contributed by atoms with Gasteiger partial charge in [-0.3, -0.25) is 4.79 Å². The molecule has 0 aliphatic heterocycles. The zero-order chi connectivity index (χ0) is 16.4. The fourth-order valence-electron chi connectivity index (χ4n) is 1.57. The quantitative estimate of drug-likeness (QED) is 0.873. The molecule has 1 rings (SSSR count). The van der Waals surface area contributed by atoms with Crippen molar-refractivity contribution in [3.63, 3.8) is 0 Å². The van der Waals surface area contributed by atoms with E-state index in [0.717, 1.165) is 6.07 Å². The number of carbonyl (C=O) groups is 2. The maximum atomic E-state index is 12.1. The van der Waals surface area contributed by atoms with Crippen LogP contribution < -0.4 is 5.32 Å². The lowest BCUT2D eigenvalue weighted by atomic mass is 10.1. The first kappa shape index (κ1) is 17.5. The highest BCUT2D eigenvalue weighted by molar-refractivity contribution is 7.92. The highest BCUT2D eigenvalue weighted by atomic mass is 35.5. The average Bonchev–Trinajstić information content (AvgIpc) is 2.24. The molecule has 0 spiro atoms. The van der Waals surface area contributed by atoms with E-state index in [-0.39, 0.29) is 15.5 Å². The molecule has 0 aliphatic rings. The van der Waals surface area contributed by atoms with Gasteiger partial charge in [0.2, 0.25) is 5.91 Å². The summed E-state index contributed by atoms with van der Waals surface area (Å²) in [5.74, 6) is -2.75. The lowest BCUT2D eigenvalue weighted by molar-refractivity contribution is -0.120. The molecular weight excluding hydrogens is 318 g/mol. The van der Waals surface area contributed by atoms with E-state index in [1.807, 2.05) is 0 Å². The Morgan fingerprint density at radius 3 is 2.33 bits per heavy atom. The third kappa shape index (κ3) is 5.02. The normalized spacial score (nSPS) is 12.0. The highest BCUT2D eigenvalue weighted by Crippen LogP contribution is 2.21. The van der Waals surface area contributed by atoms with Crippen LogP contribution in [0.2, 0.25) is 5.02 Å². The second-order valence-corrected chi connectivity index (χ2v) is 7.90. The van der Waals surface area contributed by atoms with Crippen LogP contribution >= 0.6 is 11.6 Å². The van der Waals surface area contributed by atoms with Crippen LogP contribution in [0.4, 0.5) is 0 Å². The monoisotopic (exact) mass is 333 g/mol. The average molecular weight is 334 g/mol. The molecular formula is C13H16ClNO5S. The number of rotatable bonds is 4. The van der Waals surface area contributed by atoms with Crippen molar-refractivity contribution >= 4 is 33.3 Å². The number of halogens is 1. The third-order valence-corrected chi connectivity index (χ3v) is 4.31. The van der Waals surface area contributed by atoms with E-state index in [4.69, 9.17) is 16.7 Å². The van der Waals surface area contributed by atoms with Gasteiger partial charge in [-0.1, -0.05) is 11.6 Å². The number of aromatic carboxylic acids is 1. The number of carbonyl (C=O) groups excluding carboxylic acids is 1. The molecule has 1 amide bonds. The smallest absolute Gasteiger partial charge is 0.337 e. The highest BCUT2D eigenvalue weighted by Gasteiger charge is 2.24. The topological polar surface area (TPSA) is 101 Å². The molecule has 0 aliphatic carbocycles. The van der Waals surface area contributed by atoms with E-state index in [1.54, 1.807) is 20.8 Å². The Hall–Kier alpha value is -1.60. The molecule has 0 atom stereocenters. The Morgan fingerprint density at radius 1 is 1.29 bits per heavy atom. The number of carboxylic acid groups (broad SMARTS) is 1. The summed E-state index contributed by atoms with van der Waals surface area (Å²) in [6, 6.07) is 3.30. The molecule has 0 fully saturated rings. The Morgan fingerprint density at radius 2 is 1.86 bits per heavy atom. The largest absolute Gasteiger partial charge is 0.478 e. The lowest BCUT2D eigenvalue weighted by Gasteiger charge is -2.20. The molecule has 6 nitrogen and oxygen atoms in total. The van der Waals surface area contributed by atoms with Gasteiger partial charge in [0, 0.05) is 5.54 Å². The second kappa shape index (κ2) is 6.03. The Labute approximate surface area is 128 Å². The van der Waals surface area contributed by atoms with Gasteiger partial charge in [-0.25, -0.2) is 13.2 Å². The minimum atomic E-state index is -3.94. The summed E-state index contributed by atoms with van der Waals surface area (Å²) in [5, 5.41) is 11.4. The molecule has 1 aromatic carbocycles. The van der Waals surface area contributed by atoms with Crippen LogP contribution in [0, 0.1) is 0 Å². The van der Waals surface area contributed by atoms with Gasteiger partial charge in [0.1, 0.15) is 5.75 Å². The van der Waals surface area contributed by atoms with Gasteiger partial charge in [-0.15, -0.1) is 0 Å². The van der Waals surface area contributed by atoms with E-state index < -0.39 is 33.0 Å². The lowest BCUT2D eigenvalue weighted by Crippen LogP contribution is -2.43. The summed E-state index contributed by atoms with van der Waals surface area (Å²) >= 11 is 5.68. The van der Waals surface area contributed by atoms with Gasteiger partial charge in [-0.2, -0.15) is 0 Å². The SMILES string of the molecule is CC(C)(C)NC(=O)CS(=O)(=O)c1ccc(Cl)c(C(=O)O)c1. The van der Waals surface area contributed by atoms with Crippen LogP contribution in [0.3, 0.4) is 0 Å². The van der Waals surface area contributed by atoms with Gasteiger partial charge in [-0.05, 0) is 39.0 Å². The Balaban J connectivity index is 3.07. The minimum absolute atomic E-state index is 0.0689. The van der Waals surface area contributed by atoms with Crippen molar-refractivity contribution in [2.24, 2.45) is 0 Å². The third-order valence-electron chi connectivity index (χ3n) is 2.36. The first-order valence-corrected chi connectivity index (χ1v) is 8.02. The first-order valence-electron chi connectivity index (χ1n) is 5.99. The maximum absolute atomic E-state index is 12.1. The predicted octanol–water partition coefficient (Wildman–Crippen LogP) is 1.73. The van der Waals surface area contributed by atoms with Crippen molar-refractivity contribution in [1.29, 1.82) is 0 Å². The van der Waals surface area contributed by atoms with Crippen molar-refractivity contribution in [2.75, 3.05) is 5.75 Å². The summed E-state index contributed by atoms with van der Waals surface area (Å²) in [6.07, 6.45) is 0. The molecule has 8 heteroatoms. The van der Waals surface area contributed by atoms with Gasteiger partial charge in [0.25, 0.3) is 0 Å². The van der Waals surface area contributed by atoms with E-state index in [2.05, 4.69) is 5.32 Å². The van der Waals surface area contributed by atoms with Crippen molar-refractivity contribution in [2.45, 2.75) is 31.2 Å². The summed E-state index contributed by atoms with van der Waals surface area (Å²) in [5.41, 5.74) is -0.882. The number of hydrogen-bond acceptors (Lipinski definition) is 4. The number of nitrogens with one attached hydrogen (secondary N) is 1. The van der Waals surface area contributed by atoms with E-state index in [9.17, 15) is 18.0 Å². The number of carboxylic acids is 1. The second-order valence-electron chi connectivity index (χ2n) is 5.50. The van der Waals surface area contributed by atoms with Crippen molar-refractivity contribution < 1.29 is 23.1 Å². The van der Waals surface area contributed by atoms with Crippen LogP contribution in [0.1, 0.15) is 31.1 Å². The Kier molecular flexibility index (Phi) is 5.01. The molecule has 0 bridgehead atoms. The number of hydrogen-bond donors (Lipinski definition) is 2. The number of amides is 1. The van der Waals surface area contributed by atoms with Crippen LogP contribution in [0.15, 0.2) is 23.1 Å². The van der Waals surface area contributed by atoms with Crippen LogP contribution in [-0.2, 0) is 14.6 Å². The van der Waals surface area contributed by atoms with E-state index in [0.29, 0.717) is 0 Å². The van der Waals surface area contributed by atoms with E-state index >= 15 is 0 Å². The number of sulfone groups is 1. The van der Waals surface area contributed by atoms with E-state index in [1.165, 1.54) is 12.1 Å². The molecule has 0 aromatic heterocycles. The van der Waals surface area contributed by atoms with Crippen molar-refractivity contribution in [1.82, 2.24) is 5.32 Å². The van der Waals surface area contributed by atoms with Crippen LogP contribution in [-0.4, -0.2) is 36.7 Å². The minimum Gasteiger partial charge on any atom is -0.478 e. The molecule has 0 saturated heterocycles. The van der Waals surface area contributed by atoms with Gasteiger partial charge in [0.15, 0.2) is 9.84 Å². The summed E-state index contributed by atoms with van der Waals surface area (Å²) < 4.78 is 24.2. The van der Waals surface area contributed by atoms with Crippen molar-refractivity contribution in [3.8, 4) is 0 Å². The van der Waals surface area contributed by atoms with Gasteiger partial charge in [0.05, 0.1) is 15.5 Å². The van der Waals surface area contributed by atoms with Crippen LogP contribution in [0.25, 0.3) is 0 Å². The summed E-state index contributed by atoms with van der Waals surface area (Å²) in [6.45, 7) is 5.17. The van der Waals surface area contributed by atoms with Crippen molar-refractivity contribution in [3.05, 3.63) is 28.8 Å². The van der Waals surface area contributed by atoms with Gasteiger partial charge >= 0.3 is 5.97 Å². The van der Waals surface area contributed by atoms with Crippen LogP contribution in [0.5, 0.6) is 0 Å². The summed E-state index contributed by atoms with van der Waals surface area (Å²) in [4.78, 5) is 22.4. The first-order chi connectivity index (χ1) is 9.42. The molecule has 21 heavy (non-hydrogen) atoms. The molecule has 1 aromatic rings. The van der Waals surface area contributed by atoms with Gasteiger partial charge < -0.3 is 10.4 Å². The zero-order valence-electron chi connectivity index (χ0n) is 11.8. The molecule has 0 radical (unpaired) electrons. The standard InChI is InChI=1S/C13H16ClNO5S/c1-13(2,3)15-11(16)7-21(19,20)8-4-5-10(14)9(6-8)12(17)18/h4-6H,7H2,1-3H3,(H,15,16)(H,17,18). The Bertz CT molecular complexity index is 676. The fraction of sp³-hybridized carbons (Fsp3) is 0.385. The number of benzene rings is 1. The molecule has 0 saturated carbocycles. The molecule has 0 heterocycles. The maximum Gasteiger partial charge on any atom is 0.337 e. The molecule has 116 valence electrons. The predicted molar refractivity (Wildman–Crippen MR) is 78.4 cm³/mol.